The highest BCUT2D eigenvalue weighted by Crippen LogP contribution is 2.23. The molecule has 134 valence electrons. The second-order valence-corrected chi connectivity index (χ2v) is 6.05. The van der Waals surface area contributed by atoms with Crippen LogP contribution in [0.3, 0.4) is 0 Å². The predicted molar refractivity (Wildman–Crippen MR) is 101 cm³/mol. The van der Waals surface area contributed by atoms with Gasteiger partial charge in [-0.1, -0.05) is 24.3 Å². The standard InChI is InChI=1S/C20H21N3O3/c1-15-19(20(26)23(21-15)17-5-3-2-4-6-17)8-7-16-9-11-22(12-10-16)13-18(25)14-24/h2-12,18,24-25H,13-14H2,1H3/b19-8-. The number of nitrogens with zero attached hydrogens (tertiary/aromatic N) is 3. The summed E-state index contributed by atoms with van der Waals surface area (Å²) < 4.78 is 0. The first-order chi connectivity index (χ1) is 12.6. The number of aliphatic hydroxyl groups is 2. The van der Waals surface area contributed by atoms with Gasteiger partial charge in [-0.05, 0) is 42.9 Å². The van der Waals surface area contributed by atoms with Gasteiger partial charge in [0.25, 0.3) is 5.91 Å². The number of benzene rings is 1. The summed E-state index contributed by atoms with van der Waals surface area (Å²) >= 11 is 0. The number of rotatable bonds is 5. The lowest BCUT2D eigenvalue weighted by molar-refractivity contribution is -0.114. The van der Waals surface area contributed by atoms with Crippen molar-refractivity contribution in [2.45, 2.75) is 13.0 Å². The molecule has 6 nitrogen and oxygen atoms in total. The van der Waals surface area contributed by atoms with Gasteiger partial charge in [0.05, 0.1) is 36.2 Å². The summed E-state index contributed by atoms with van der Waals surface area (Å²) in [6, 6.07) is 9.32. The molecule has 0 saturated carbocycles. The second kappa shape index (κ2) is 7.95. The fourth-order valence-corrected chi connectivity index (χ4v) is 2.64. The summed E-state index contributed by atoms with van der Waals surface area (Å²) in [5.74, 6) is -0.151. The third-order valence-corrected chi connectivity index (χ3v) is 4.06. The van der Waals surface area contributed by atoms with Crippen LogP contribution in [0.1, 0.15) is 6.92 Å². The van der Waals surface area contributed by atoms with Crippen LogP contribution in [0.5, 0.6) is 0 Å². The van der Waals surface area contributed by atoms with E-state index in [4.69, 9.17) is 5.11 Å². The van der Waals surface area contributed by atoms with E-state index in [-0.39, 0.29) is 12.5 Å². The number of allylic oxidation sites excluding steroid dienone is 5. The van der Waals surface area contributed by atoms with Gasteiger partial charge >= 0.3 is 0 Å². The highest BCUT2D eigenvalue weighted by Gasteiger charge is 2.27. The highest BCUT2D eigenvalue weighted by molar-refractivity contribution is 6.29. The van der Waals surface area contributed by atoms with E-state index in [1.54, 1.807) is 11.0 Å². The van der Waals surface area contributed by atoms with E-state index in [0.717, 1.165) is 11.3 Å². The number of aliphatic hydroxyl groups excluding tert-OH is 2. The molecular weight excluding hydrogens is 330 g/mol. The van der Waals surface area contributed by atoms with E-state index in [9.17, 15) is 9.90 Å². The molecule has 0 bridgehead atoms. The summed E-state index contributed by atoms with van der Waals surface area (Å²) in [6.45, 7) is 1.87. The Labute approximate surface area is 152 Å². The number of para-hydroxylation sites is 1. The molecule has 2 aliphatic rings. The molecule has 6 heteroatoms. The van der Waals surface area contributed by atoms with Crippen LogP contribution in [0, 0.1) is 0 Å². The molecule has 1 atom stereocenters. The fourth-order valence-electron chi connectivity index (χ4n) is 2.64. The molecule has 26 heavy (non-hydrogen) atoms. The van der Waals surface area contributed by atoms with Crippen molar-refractivity contribution >= 4 is 17.3 Å². The van der Waals surface area contributed by atoms with Gasteiger partial charge in [-0.3, -0.25) is 4.79 Å². The van der Waals surface area contributed by atoms with E-state index in [2.05, 4.69) is 5.10 Å². The number of amides is 1. The second-order valence-electron chi connectivity index (χ2n) is 6.05. The van der Waals surface area contributed by atoms with Gasteiger partial charge in [-0.15, -0.1) is 0 Å². The lowest BCUT2D eigenvalue weighted by Crippen LogP contribution is -2.27. The zero-order chi connectivity index (χ0) is 18.5. The zero-order valence-electron chi connectivity index (χ0n) is 14.5. The molecule has 1 unspecified atom stereocenters. The minimum Gasteiger partial charge on any atom is -0.394 e. The van der Waals surface area contributed by atoms with Crippen LogP contribution in [0.4, 0.5) is 5.69 Å². The predicted octanol–water partition coefficient (Wildman–Crippen LogP) is 1.96. The van der Waals surface area contributed by atoms with Gasteiger partial charge in [0, 0.05) is 12.4 Å². The molecule has 0 aliphatic carbocycles. The molecule has 0 aromatic heterocycles. The molecule has 0 spiro atoms. The quantitative estimate of drug-likeness (QED) is 0.795. The number of β-amino-alcohol motifs (C(OH)–C–C–N with tert-alkyl or cyclic N) is 1. The Morgan fingerprint density at radius 1 is 1.15 bits per heavy atom. The Balaban J connectivity index is 1.71. The number of anilines is 1. The third-order valence-electron chi connectivity index (χ3n) is 4.06. The summed E-state index contributed by atoms with van der Waals surface area (Å²) in [5.41, 5.74) is 2.89. The summed E-state index contributed by atoms with van der Waals surface area (Å²) in [6.07, 6.45) is 10.2. The molecule has 2 aliphatic heterocycles. The van der Waals surface area contributed by atoms with Crippen molar-refractivity contribution in [2.24, 2.45) is 5.10 Å². The molecule has 1 amide bonds. The molecule has 0 radical (unpaired) electrons. The van der Waals surface area contributed by atoms with E-state index in [0.29, 0.717) is 17.8 Å². The zero-order valence-corrected chi connectivity index (χ0v) is 14.5. The minimum atomic E-state index is -0.782. The first kappa shape index (κ1) is 17.8. The molecule has 2 N–H and O–H groups in total. The van der Waals surface area contributed by atoms with Gasteiger partial charge in [-0.25, -0.2) is 0 Å². The molecule has 0 fully saturated rings. The number of hydrogen-bond acceptors (Lipinski definition) is 5. The number of hydrazone groups is 1. The Kier molecular flexibility index (Phi) is 5.46. The smallest absolute Gasteiger partial charge is 0.280 e. The third kappa shape index (κ3) is 3.99. The van der Waals surface area contributed by atoms with Crippen molar-refractivity contribution in [3.8, 4) is 0 Å². The van der Waals surface area contributed by atoms with Crippen LogP contribution < -0.4 is 5.01 Å². The average Bonchev–Trinajstić information content (AvgIpc) is 2.95. The Hall–Kier alpha value is -2.96. The normalized spacial score (nSPS) is 19.3. The van der Waals surface area contributed by atoms with Gasteiger partial charge in [0.2, 0.25) is 0 Å². The summed E-state index contributed by atoms with van der Waals surface area (Å²) in [5, 5.41) is 24.1. The Morgan fingerprint density at radius 3 is 2.50 bits per heavy atom. The van der Waals surface area contributed by atoms with Crippen LogP contribution in [0.15, 0.2) is 83.3 Å². The van der Waals surface area contributed by atoms with Crippen molar-refractivity contribution < 1.29 is 15.0 Å². The minimum absolute atomic E-state index is 0.151. The Bertz CT molecular complexity index is 806. The van der Waals surface area contributed by atoms with E-state index < -0.39 is 6.10 Å². The van der Waals surface area contributed by atoms with Crippen LogP contribution in [0.25, 0.3) is 0 Å². The molecule has 0 saturated heterocycles. The number of carbonyl (C=O) groups is 1. The van der Waals surface area contributed by atoms with Crippen LogP contribution in [-0.2, 0) is 4.79 Å². The topological polar surface area (TPSA) is 76.4 Å². The molecule has 1 aromatic rings. The molecular formula is C20H21N3O3. The van der Waals surface area contributed by atoms with E-state index in [1.807, 2.05) is 67.9 Å². The maximum absolute atomic E-state index is 12.6. The van der Waals surface area contributed by atoms with Gasteiger partial charge in [0.1, 0.15) is 0 Å². The lowest BCUT2D eigenvalue weighted by atomic mass is 10.1. The van der Waals surface area contributed by atoms with Gasteiger partial charge in [0.15, 0.2) is 0 Å². The average molecular weight is 351 g/mol. The maximum Gasteiger partial charge on any atom is 0.280 e. The number of hydrogen-bond donors (Lipinski definition) is 2. The fraction of sp³-hybridized carbons (Fsp3) is 0.200. The van der Waals surface area contributed by atoms with Gasteiger partial charge < -0.3 is 15.1 Å². The molecule has 2 heterocycles. The monoisotopic (exact) mass is 351 g/mol. The van der Waals surface area contributed by atoms with E-state index >= 15 is 0 Å². The first-order valence-electron chi connectivity index (χ1n) is 8.36. The highest BCUT2D eigenvalue weighted by atomic mass is 16.3. The van der Waals surface area contributed by atoms with Crippen LogP contribution in [-0.4, -0.2) is 46.0 Å². The Morgan fingerprint density at radius 2 is 1.85 bits per heavy atom. The van der Waals surface area contributed by atoms with Crippen molar-refractivity contribution in [3.05, 3.63) is 78.2 Å². The molecule has 1 aromatic carbocycles. The van der Waals surface area contributed by atoms with Crippen molar-refractivity contribution in [1.29, 1.82) is 0 Å². The summed E-state index contributed by atoms with van der Waals surface area (Å²) in [7, 11) is 0. The van der Waals surface area contributed by atoms with Crippen LogP contribution in [0.2, 0.25) is 0 Å². The van der Waals surface area contributed by atoms with Crippen molar-refractivity contribution in [2.75, 3.05) is 18.2 Å². The lowest BCUT2D eigenvalue weighted by Gasteiger charge is -2.20. The van der Waals surface area contributed by atoms with Crippen molar-refractivity contribution in [3.63, 3.8) is 0 Å². The first-order valence-corrected chi connectivity index (χ1v) is 8.36. The van der Waals surface area contributed by atoms with Crippen molar-refractivity contribution in [1.82, 2.24) is 4.90 Å². The summed E-state index contributed by atoms with van der Waals surface area (Å²) in [4.78, 5) is 14.4. The largest absolute Gasteiger partial charge is 0.394 e. The van der Waals surface area contributed by atoms with Crippen LogP contribution >= 0.6 is 0 Å². The SMILES string of the molecule is CC1=NN(c2ccccc2)C(=O)/C1=C\C=C1C=CN(CC(O)CO)C=C1. The van der Waals surface area contributed by atoms with E-state index in [1.165, 1.54) is 5.01 Å². The van der Waals surface area contributed by atoms with Gasteiger partial charge in [-0.2, -0.15) is 10.1 Å². The number of carbonyl (C=O) groups excluding carboxylic acids is 1. The maximum atomic E-state index is 12.6. The molecule has 3 rings (SSSR count).